The molecule has 6 heteroatoms. The fraction of sp³-hybridized carbons (Fsp3) is 0.417. The minimum Gasteiger partial charge on any atom is -0.384 e. The van der Waals surface area contributed by atoms with Crippen LogP contribution in [-0.4, -0.2) is 18.5 Å². The number of nitrogens with one attached hydrogen (secondary N) is 1. The van der Waals surface area contributed by atoms with Crippen LogP contribution in [0.2, 0.25) is 0 Å². The first-order chi connectivity index (χ1) is 8.48. The van der Waals surface area contributed by atoms with E-state index < -0.39 is 12.6 Å². The van der Waals surface area contributed by atoms with Crippen molar-refractivity contribution in [2.75, 3.05) is 17.6 Å². The Bertz CT molecular complexity index is 438. The summed E-state index contributed by atoms with van der Waals surface area (Å²) in [7, 11) is 0. The third-order valence-corrected chi connectivity index (χ3v) is 3.10. The molecule has 1 rings (SSSR count). The van der Waals surface area contributed by atoms with E-state index in [0.717, 1.165) is 10.6 Å². The van der Waals surface area contributed by atoms with E-state index in [2.05, 4.69) is 5.32 Å². The van der Waals surface area contributed by atoms with Gasteiger partial charge in [0.05, 0.1) is 17.7 Å². The molecule has 0 bridgehead atoms. The number of benzene rings is 1. The van der Waals surface area contributed by atoms with E-state index in [4.69, 9.17) is 5.26 Å². The van der Waals surface area contributed by atoms with Gasteiger partial charge in [0.25, 0.3) is 0 Å². The third-order valence-electron chi connectivity index (χ3n) is 2.16. The standard InChI is InChI=1S/C12H13F3N2S/c1-2-18-11-5-3-4-10(9(11)8-16)17-7-6-12(13,14)15/h3-5,17H,2,6-7H2,1H3. The summed E-state index contributed by atoms with van der Waals surface area (Å²) < 4.78 is 36.1. The SMILES string of the molecule is CCSc1cccc(NCCC(F)(F)F)c1C#N. The van der Waals surface area contributed by atoms with Gasteiger partial charge in [-0.2, -0.15) is 18.4 Å². The molecule has 0 radical (unpaired) electrons. The number of hydrogen-bond acceptors (Lipinski definition) is 3. The maximum absolute atomic E-state index is 12.0. The summed E-state index contributed by atoms with van der Waals surface area (Å²) >= 11 is 1.49. The van der Waals surface area contributed by atoms with Gasteiger partial charge >= 0.3 is 6.18 Å². The summed E-state index contributed by atoms with van der Waals surface area (Å²) in [5.41, 5.74) is 0.867. The van der Waals surface area contributed by atoms with Gasteiger partial charge in [0.1, 0.15) is 6.07 Å². The zero-order valence-electron chi connectivity index (χ0n) is 9.84. The average molecular weight is 274 g/mol. The van der Waals surface area contributed by atoms with Crippen LogP contribution in [0.3, 0.4) is 0 Å². The zero-order valence-corrected chi connectivity index (χ0v) is 10.7. The van der Waals surface area contributed by atoms with Crippen LogP contribution in [0.1, 0.15) is 18.9 Å². The van der Waals surface area contributed by atoms with Crippen molar-refractivity contribution in [1.29, 1.82) is 5.26 Å². The molecule has 1 N–H and O–H groups in total. The Hall–Kier alpha value is -1.35. The van der Waals surface area contributed by atoms with Crippen LogP contribution in [0.25, 0.3) is 0 Å². The predicted octanol–water partition coefficient (Wildman–Crippen LogP) is 4.03. The van der Waals surface area contributed by atoms with Crippen LogP contribution in [0.4, 0.5) is 18.9 Å². The maximum atomic E-state index is 12.0. The van der Waals surface area contributed by atoms with Gasteiger partial charge in [0, 0.05) is 11.4 Å². The number of alkyl halides is 3. The second-order valence-corrected chi connectivity index (χ2v) is 4.82. The second-order valence-electron chi connectivity index (χ2n) is 3.52. The van der Waals surface area contributed by atoms with Crippen molar-refractivity contribution in [3.63, 3.8) is 0 Å². The Morgan fingerprint density at radius 3 is 2.67 bits per heavy atom. The van der Waals surface area contributed by atoms with Crippen molar-refractivity contribution in [3.05, 3.63) is 23.8 Å². The monoisotopic (exact) mass is 274 g/mol. The van der Waals surface area contributed by atoms with E-state index in [9.17, 15) is 13.2 Å². The highest BCUT2D eigenvalue weighted by Crippen LogP contribution is 2.28. The molecule has 0 aliphatic carbocycles. The van der Waals surface area contributed by atoms with Crippen LogP contribution in [-0.2, 0) is 0 Å². The quantitative estimate of drug-likeness (QED) is 0.823. The highest BCUT2D eigenvalue weighted by Gasteiger charge is 2.26. The molecule has 2 nitrogen and oxygen atoms in total. The van der Waals surface area contributed by atoms with Gasteiger partial charge in [0.2, 0.25) is 0 Å². The van der Waals surface area contributed by atoms with Gasteiger partial charge in [-0.1, -0.05) is 13.0 Å². The number of hydrogen-bond donors (Lipinski definition) is 1. The van der Waals surface area contributed by atoms with Gasteiger partial charge in [-0.05, 0) is 17.9 Å². The second kappa shape index (κ2) is 6.55. The molecule has 18 heavy (non-hydrogen) atoms. The molecule has 0 aliphatic heterocycles. The third kappa shape index (κ3) is 4.49. The minimum atomic E-state index is -4.18. The van der Waals surface area contributed by atoms with Crippen LogP contribution in [0.15, 0.2) is 23.1 Å². The molecule has 1 aromatic rings. The van der Waals surface area contributed by atoms with Crippen molar-refractivity contribution in [1.82, 2.24) is 0 Å². The molecule has 0 saturated heterocycles. The first kappa shape index (κ1) is 14.7. The lowest BCUT2D eigenvalue weighted by Crippen LogP contribution is -2.15. The summed E-state index contributed by atoms with van der Waals surface area (Å²) in [6, 6.07) is 7.18. The predicted molar refractivity (Wildman–Crippen MR) is 66.7 cm³/mol. The van der Waals surface area contributed by atoms with E-state index in [0.29, 0.717) is 11.3 Å². The Morgan fingerprint density at radius 1 is 1.39 bits per heavy atom. The Labute approximate surface area is 108 Å². The van der Waals surface area contributed by atoms with Crippen LogP contribution in [0, 0.1) is 11.3 Å². The molecule has 0 spiro atoms. The lowest BCUT2D eigenvalue weighted by Gasteiger charge is -2.12. The van der Waals surface area contributed by atoms with E-state index in [1.165, 1.54) is 11.8 Å². The molecule has 0 heterocycles. The van der Waals surface area contributed by atoms with Crippen LogP contribution < -0.4 is 5.32 Å². The number of anilines is 1. The lowest BCUT2D eigenvalue weighted by molar-refractivity contribution is -0.131. The minimum absolute atomic E-state index is 0.224. The smallest absolute Gasteiger partial charge is 0.384 e. The average Bonchev–Trinajstić information content (AvgIpc) is 2.28. The molecular weight excluding hydrogens is 261 g/mol. The molecule has 0 aliphatic rings. The van der Waals surface area contributed by atoms with E-state index in [1.807, 2.05) is 13.0 Å². The Balaban J connectivity index is 2.77. The van der Waals surface area contributed by atoms with Gasteiger partial charge in [-0.25, -0.2) is 0 Å². The fourth-order valence-electron chi connectivity index (χ4n) is 1.41. The Morgan fingerprint density at radius 2 is 2.11 bits per heavy atom. The Kier molecular flexibility index (Phi) is 5.35. The number of thioether (sulfide) groups is 1. The summed E-state index contributed by atoms with van der Waals surface area (Å²) in [5.74, 6) is 0.806. The van der Waals surface area contributed by atoms with Gasteiger partial charge in [-0.15, -0.1) is 11.8 Å². The molecule has 0 saturated carbocycles. The summed E-state index contributed by atoms with van der Waals surface area (Å²) in [4.78, 5) is 0.789. The largest absolute Gasteiger partial charge is 0.390 e. The van der Waals surface area contributed by atoms with Crippen molar-refractivity contribution in [2.45, 2.75) is 24.4 Å². The lowest BCUT2D eigenvalue weighted by atomic mass is 10.2. The highest BCUT2D eigenvalue weighted by molar-refractivity contribution is 7.99. The van der Waals surface area contributed by atoms with E-state index in [-0.39, 0.29) is 6.54 Å². The summed E-state index contributed by atoms with van der Waals surface area (Å²) in [5, 5.41) is 11.7. The van der Waals surface area contributed by atoms with E-state index >= 15 is 0 Å². The van der Waals surface area contributed by atoms with Crippen molar-refractivity contribution < 1.29 is 13.2 Å². The van der Waals surface area contributed by atoms with E-state index in [1.54, 1.807) is 18.2 Å². The number of halogens is 3. The highest BCUT2D eigenvalue weighted by atomic mass is 32.2. The van der Waals surface area contributed by atoms with Crippen LogP contribution >= 0.6 is 11.8 Å². The number of nitriles is 1. The fourth-order valence-corrected chi connectivity index (χ4v) is 2.19. The van der Waals surface area contributed by atoms with Gasteiger partial charge < -0.3 is 5.32 Å². The molecule has 0 aromatic heterocycles. The number of nitrogens with zero attached hydrogens (tertiary/aromatic N) is 1. The van der Waals surface area contributed by atoms with Crippen molar-refractivity contribution >= 4 is 17.4 Å². The molecular formula is C12H13F3N2S. The molecule has 0 fully saturated rings. The van der Waals surface area contributed by atoms with Gasteiger partial charge in [0.15, 0.2) is 0 Å². The maximum Gasteiger partial charge on any atom is 0.390 e. The summed E-state index contributed by atoms with van der Waals surface area (Å²) in [6.45, 7) is 1.73. The number of rotatable bonds is 5. The first-order valence-electron chi connectivity index (χ1n) is 5.44. The topological polar surface area (TPSA) is 35.8 Å². The molecule has 0 amide bonds. The normalized spacial score (nSPS) is 11.1. The zero-order chi connectivity index (χ0) is 13.6. The van der Waals surface area contributed by atoms with Gasteiger partial charge in [-0.3, -0.25) is 0 Å². The van der Waals surface area contributed by atoms with Crippen molar-refractivity contribution in [2.24, 2.45) is 0 Å². The molecule has 0 atom stereocenters. The first-order valence-corrected chi connectivity index (χ1v) is 6.43. The summed E-state index contributed by atoms with van der Waals surface area (Å²) in [6.07, 6.45) is -5.10. The molecule has 98 valence electrons. The molecule has 1 aromatic carbocycles. The van der Waals surface area contributed by atoms with Crippen LogP contribution in [0.5, 0.6) is 0 Å². The van der Waals surface area contributed by atoms with Crippen molar-refractivity contribution in [3.8, 4) is 6.07 Å². The molecule has 0 unspecified atom stereocenters.